The number of hydrogen-bond acceptors (Lipinski definition) is 5. The van der Waals surface area contributed by atoms with Crippen molar-refractivity contribution in [2.75, 3.05) is 25.5 Å². The molecule has 0 aliphatic heterocycles. The molecule has 0 aliphatic rings. The van der Waals surface area contributed by atoms with Crippen molar-refractivity contribution >= 4 is 11.6 Å². The van der Waals surface area contributed by atoms with Gasteiger partial charge in [-0.25, -0.2) is 0 Å². The van der Waals surface area contributed by atoms with E-state index in [0.717, 1.165) is 49.2 Å². The van der Waals surface area contributed by atoms with E-state index < -0.39 is 0 Å². The third-order valence-electron chi connectivity index (χ3n) is 5.18. The number of aryl methyl sites for hydroxylation is 2. The number of unbranched alkanes of at least 4 members (excludes halogenated alkanes) is 2. The first-order chi connectivity index (χ1) is 14.5. The van der Waals surface area contributed by atoms with Crippen molar-refractivity contribution in [1.82, 2.24) is 25.1 Å². The molecule has 0 fully saturated rings. The molecule has 0 bridgehead atoms. The maximum absolute atomic E-state index is 12.3. The van der Waals surface area contributed by atoms with Gasteiger partial charge in [-0.2, -0.15) is 4.80 Å². The molecule has 1 aromatic heterocycles. The molecule has 0 radical (unpaired) electrons. The van der Waals surface area contributed by atoms with E-state index in [1.807, 2.05) is 56.4 Å². The third-order valence-corrected chi connectivity index (χ3v) is 5.18. The molecule has 7 heteroatoms. The van der Waals surface area contributed by atoms with E-state index in [2.05, 4.69) is 38.6 Å². The summed E-state index contributed by atoms with van der Waals surface area (Å²) < 4.78 is 0. The maximum atomic E-state index is 12.3. The van der Waals surface area contributed by atoms with E-state index in [4.69, 9.17) is 0 Å². The van der Waals surface area contributed by atoms with Crippen LogP contribution in [0.3, 0.4) is 0 Å². The first-order valence-corrected chi connectivity index (χ1v) is 10.4. The fraction of sp³-hybridized carbons (Fsp3) is 0.391. The zero-order chi connectivity index (χ0) is 21.3. The second kappa shape index (κ2) is 10.6. The number of carbonyl (C=O) groups is 1. The van der Waals surface area contributed by atoms with Crippen LogP contribution in [0.4, 0.5) is 5.69 Å². The Morgan fingerprint density at radius 1 is 1.03 bits per heavy atom. The number of nitrogens with zero attached hydrogens (tertiary/aromatic N) is 5. The summed E-state index contributed by atoms with van der Waals surface area (Å²) in [5.41, 5.74) is 4.16. The predicted octanol–water partition coefficient (Wildman–Crippen LogP) is 3.70. The Kier molecular flexibility index (Phi) is 7.68. The lowest BCUT2D eigenvalue weighted by atomic mass is 10.1. The van der Waals surface area contributed by atoms with Gasteiger partial charge in [-0.05, 0) is 62.7 Å². The van der Waals surface area contributed by atoms with Gasteiger partial charge in [0.25, 0.3) is 0 Å². The largest absolute Gasteiger partial charge is 0.325 e. The van der Waals surface area contributed by atoms with Gasteiger partial charge in [-0.1, -0.05) is 48.9 Å². The predicted molar refractivity (Wildman–Crippen MR) is 119 cm³/mol. The van der Waals surface area contributed by atoms with Gasteiger partial charge in [0.15, 0.2) is 0 Å². The van der Waals surface area contributed by atoms with Crippen molar-refractivity contribution in [1.29, 1.82) is 0 Å². The number of benzene rings is 2. The molecule has 3 rings (SSSR count). The van der Waals surface area contributed by atoms with Crippen LogP contribution >= 0.6 is 0 Å². The number of tetrazole rings is 1. The molecular formula is C23H30N6O. The Labute approximate surface area is 178 Å². The Morgan fingerprint density at radius 2 is 1.83 bits per heavy atom. The molecule has 1 N–H and O–H groups in total. The molecule has 158 valence electrons. The topological polar surface area (TPSA) is 75.9 Å². The molecule has 7 nitrogen and oxygen atoms in total. The van der Waals surface area contributed by atoms with Crippen molar-refractivity contribution in [3.63, 3.8) is 0 Å². The Morgan fingerprint density at radius 3 is 2.63 bits per heavy atom. The number of nitrogens with one attached hydrogen (secondary N) is 1. The van der Waals surface area contributed by atoms with E-state index >= 15 is 0 Å². The number of rotatable bonds is 10. The normalized spacial score (nSPS) is 11.1. The van der Waals surface area contributed by atoms with Crippen molar-refractivity contribution in [2.45, 2.75) is 39.7 Å². The lowest BCUT2D eigenvalue weighted by Gasteiger charge is -2.17. The van der Waals surface area contributed by atoms with Crippen LogP contribution in [0.1, 0.15) is 30.4 Å². The highest BCUT2D eigenvalue weighted by molar-refractivity contribution is 5.93. The van der Waals surface area contributed by atoms with Crippen LogP contribution in [0.25, 0.3) is 11.4 Å². The minimum Gasteiger partial charge on any atom is -0.325 e. The molecule has 0 unspecified atom stereocenters. The molecule has 30 heavy (non-hydrogen) atoms. The summed E-state index contributed by atoms with van der Waals surface area (Å²) in [7, 11) is 1.98. The molecule has 3 aromatic rings. The van der Waals surface area contributed by atoms with Crippen molar-refractivity contribution in [2.24, 2.45) is 0 Å². The monoisotopic (exact) mass is 406 g/mol. The van der Waals surface area contributed by atoms with Crippen molar-refractivity contribution in [3.8, 4) is 11.4 Å². The van der Waals surface area contributed by atoms with Gasteiger partial charge < -0.3 is 5.32 Å². The number of anilines is 1. The lowest BCUT2D eigenvalue weighted by molar-refractivity contribution is -0.117. The van der Waals surface area contributed by atoms with Gasteiger partial charge in [-0.15, -0.1) is 10.2 Å². The quantitative estimate of drug-likeness (QED) is 0.520. The van der Waals surface area contributed by atoms with E-state index in [1.165, 1.54) is 5.56 Å². The molecule has 0 atom stereocenters. The summed E-state index contributed by atoms with van der Waals surface area (Å²) in [5, 5.41) is 15.7. The van der Waals surface area contributed by atoms with Crippen molar-refractivity contribution in [3.05, 3.63) is 59.7 Å². The maximum Gasteiger partial charge on any atom is 0.238 e. The van der Waals surface area contributed by atoms with Crippen LogP contribution in [0.15, 0.2) is 48.5 Å². The second-order valence-electron chi connectivity index (χ2n) is 7.67. The molecule has 1 amide bonds. The fourth-order valence-corrected chi connectivity index (χ4v) is 3.25. The van der Waals surface area contributed by atoms with Gasteiger partial charge >= 0.3 is 0 Å². The second-order valence-corrected chi connectivity index (χ2v) is 7.67. The molecule has 1 heterocycles. The van der Waals surface area contributed by atoms with Gasteiger partial charge in [-0.3, -0.25) is 9.69 Å². The Bertz CT molecular complexity index is 953. The highest BCUT2D eigenvalue weighted by Gasteiger charge is 2.09. The summed E-state index contributed by atoms with van der Waals surface area (Å²) in [6.07, 6.45) is 3.05. The lowest BCUT2D eigenvalue weighted by Crippen LogP contribution is -2.31. The summed E-state index contributed by atoms with van der Waals surface area (Å²) in [6, 6.07) is 15.8. The molecule has 0 spiro atoms. The van der Waals surface area contributed by atoms with Crippen LogP contribution in [0.2, 0.25) is 0 Å². The van der Waals surface area contributed by atoms with E-state index in [-0.39, 0.29) is 5.91 Å². The number of aromatic nitrogens is 4. The Hall–Kier alpha value is -3.06. The van der Waals surface area contributed by atoms with Crippen LogP contribution in [-0.2, 0) is 11.3 Å². The number of hydrogen-bond donors (Lipinski definition) is 1. The first kappa shape index (κ1) is 21.6. The van der Waals surface area contributed by atoms with Gasteiger partial charge in [0.2, 0.25) is 11.7 Å². The summed E-state index contributed by atoms with van der Waals surface area (Å²) in [4.78, 5) is 16.0. The number of amides is 1. The first-order valence-electron chi connectivity index (χ1n) is 10.4. The summed E-state index contributed by atoms with van der Waals surface area (Å²) in [5.74, 6) is 0.677. The molecule has 0 saturated heterocycles. The van der Waals surface area contributed by atoms with Gasteiger partial charge in [0, 0.05) is 11.3 Å². The SMILES string of the molecule is Cc1cccc(NC(=O)CN(C)CCCCCn2nnc(-c3ccccc3)n2)c1C. The smallest absolute Gasteiger partial charge is 0.238 e. The fourth-order valence-electron chi connectivity index (χ4n) is 3.25. The highest BCUT2D eigenvalue weighted by Crippen LogP contribution is 2.17. The van der Waals surface area contributed by atoms with Crippen LogP contribution in [0, 0.1) is 13.8 Å². The van der Waals surface area contributed by atoms with Gasteiger partial charge in [0.05, 0.1) is 13.1 Å². The standard InChI is InChI=1S/C23H30N6O/c1-18-11-10-14-21(19(18)2)24-22(30)17-28(3)15-8-5-9-16-29-26-23(25-27-29)20-12-6-4-7-13-20/h4,6-7,10-14H,5,8-9,15-17H2,1-3H3,(H,24,30). The van der Waals surface area contributed by atoms with Crippen LogP contribution in [-0.4, -0.2) is 51.2 Å². The van der Waals surface area contributed by atoms with Crippen LogP contribution in [0.5, 0.6) is 0 Å². The minimum atomic E-state index is 0.0199. The van der Waals surface area contributed by atoms with E-state index in [9.17, 15) is 4.79 Å². The zero-order valence-corrected chi connectivity index (χ0v) is 18.0. The average Bonchev–Trinajstić information content (AvgIpc) is 3.21. The minimum absolute atomic E-state index is 0.0199. The third kappa shape index (κ3) is 6.22. The molecule has 0 aliphatic carbocycles. The molecule has 2 aromatic carbocycles. The number of carbonyl (C=O) groups excluding carboxylic acids is 1. The van der Waals surface area contributed by atoms with Crippen LogP contribution < -0.4 is 5.32 Å². The average molecular weight is 407 g/mol. The van der Waals surface area contributed by atoms with E-state index in [1.54, 1.807) is 4.80 Å². The number of likely N-dealkylation sites (N-methyl/N-ethyl adjacent to an activating group) is 1. The zero-order valence-electron chi connectivity index (χ0n) is 18.0. The van der Waals surface area contributed by atoms with E-state index in [0.29, 0.717) is 12.4 Å². The summed E-state index contributed by atoms with van der Waals surface area (Å²) in [6.45, 7) is 6.09. The Balaban J connectivity index is 1.33. The van der Waals surface area contributed by atoms with Crippen molar-refractivity contribution < 1.29 is 4.79 Å². The summed E-state index contributed by atoms with van der Waals surface area (Å²) >= 11 is 0. The highest BCUT2D eigenvalue weighted by atomic mass is 16.2. The van der Waals surface area contributed by atoms with Gasteiger partial charge in [0.1, 0.15) is 0 Å². The molecular weight excluding hydrogens is 376 g/mol. The molecule has 0 saturated carbocycles.